The molecule has 0 aromatic rings. The highest BCUT2D eigenvalue weighted by molar-refractivity contribution is 5.66. The van der Waals surface area contributed by atoms with Crippen LogP contribution in [0.25, 0.3) is 0 Å². The Kier molecular flexibility index (Phi) is 8.42. The molecule has 2 aliphatic heterocycles. The standard InChI is InChI=1S/C38H60O10/c1-18(2)21-13-23-31-37(8)10-9-20-27(36(37,7)11-12-38(21,31)17-45-23)22(41)14-26-34(4,5)32(24(46-19(3)40)15-35(20,26)6)48-33-30(44)29(43)28(42)25(16-39)47-33/h9,18,21-33,39,41-44H,10-17H2,1-8H3/t21-,22-,23-,24+,25+,26-,27-,28+,29-,30+,31-,32-,33-,35+,36-,37+,38+/m0/s1. The summed E-state index contributed by atoms with van der Waals surface area (Å²) >= 11 is 0. The van der Waals surface area contributed by atoms with Crippen molar-refractivity contribution in [2.24, 2.45) is 56.7 Å². The van der Waals surface area contributed by atoms with E-state index in [-0.39, 0.29) is 34.2 Å². The molecular weight excluding hydrogens is 616 g/mol. The average molecular weight is 677 g/mol. The van der Waals surface area contributed by atoms with Crippen molar-refractivity contribution >= 4 is 5.97 Å². The van der Waals surface area contributed by atoms with E-state index in [1.54, 1.807) is 0 Å². The first-order chi connectivity index (χ1) is 22.4. The predicted octanol–water partition coefficient (Wildman–Crippen LogP) is 3.35. The number of aliphatic hydroxyl groups is 5. The molecular formula is C38H60O10. The Labute approximate surface area is 285 Å². The molecule has 7 aliphatic rings. The third-order valence-corrected chi connectivity index (χ3v) is 15.8. The van der Waals surface area contributed by atoms with Gasteiger partial charge in [-0.1, -0.05) is 60.1 Å². The fourth-order valence-electron chi connectivity index (χ4n) is 13.6. The van der Waals surface area contributed by atoms with Crippen LogP contribution in [0.5, 0.6) is 0 Å². The normalized spacial score (nSPS) is 55.3. The van der Waals surface area contributed by atoms with E-state index < -0.39 is 72.4 Å². The molecule has 2 bridgehead atoms. The Morgan fingerprint density at radius 3 is 2.35 bits per heavy atom. The second kappa shape index (κ2) is 11.4. The van der Waals surface area contributed by atoms with Crippen LogP contribution in [-0.4, -0.2) is 99.8 Å². The van der Waals surface area contributed by atoms with Crippen molar-refractivity contribution < 1.29 is 49.3 Å². The molecule has 272 valence electrons. The number of hydrogen-bond donors (Lipinski definition) is 5. The van der Waals surface area contributed by atoms with Gasteiger partial charge < -0.3 is 44.5 Å². The molecule has 48 heavy (non-hydrogen) atoms. The van der Waals surface area contributed by atoms with Gasteiger partial charge in [-0.2, -0.15) is 0 Å². The lowest BCUT2D eigenvalue weighted by atomic mass is 9.35. The molecule has 0 spiro atoms. The summed E-state index contributed by atoms with van der Waals surface area (Å²) in [5.41, 5.74) is 0.218. The SMILES string of the molecule is CC(=O)O[C@@H]1C[C@]2(C)C3=CC[C@]4(C)[C@@H]5[C@@H]6C[C@@H](C(C)C)[C@@]5(CC[C@@]4(C)[C@@H]3[C@@H](O)C[C@H]2C(C)(C)[C@H]1O[C@@H]1O[C@H](CO)[C@@H](O)[C@H](O)[C@H]1O)CO6. The van der Waals surface area contributed by atoms with Crippen LogP contribution in [0.2, 0.25) is 0 Å². The van der Waals surface area contributed by atoms with Crippen molar-refractivity contribution in [3.8, 4) is 0 Å². The van der Waals surface area contributed by atoms with Gasteiger partial charge in [0.2, 0.25) is 0 Å². The summed E-state index contributed by atoms with van der Waals surface area (Å²) in [7, 11) is 0. The Balaban J connectivity index is 1.25. The number of rotatable bonds is 5. The summed E-state index contributed by atoms with van der Waals surface area (Å²) in [6, 6.07) is 0. The van der Waals surface area contributed by atoms with E-state index in [0.29, 0.717) is 30.6 Å². The van der Waals surface area contributed by atoms with Crippen molar-refractivity contribution in [3.05, 3.63) is 11.6 Å². The maximum atomic E-state index is 12.6. The van der Waals surface area contributed by atoms with Crippen LogP contribution in [0, 0.1) is 56.7 Å². The fourth-order valence-corrected chi connectivity index (χ4v) is 13.6. The number of esters is 1. The van der Waals surface area contributed by atoms with E-state index in [0.717, 1.165) is 32.3 Å². The van der Waals surface area contributed by atoms with Gasteiger partial charge >= 0.3 is 5.97 Å². The molecule has 6 fully saturated rings. The molecule has 10 heteroatoms. The topological polar surface area (TPSA) is 155 Å². The maximum absolute atomic E-state index is 12.6. The number of ether oxygens (including phenoxy) is 4. The molecule has 10 nitrogen and oxygen atoms in total. The smallest absolute Gasteiger partial charge is 0.302 e. The summed E-state index contributed by atoms with van der Waals surface area (Å²) in [6.07, 6.45) is -1.26. The summed E-state index contributed by atoms with van der Waals surface area (Å²) in [5.74, 6) is 1.19. The first-order valence-corrected chi connectivity index (χ1v) is 18.5. The molecule has 4 saturated carbocycles. The highest BCUT2D eigenvalue weighted by Gasteiger charge is 2.75. The monoisotopic (exact) mass is 676 g/mol. The zero-order valence-electron chi connectivity index (χ0n) is 30.1. The van der Waals surface area contributed by atoms with Gasteiger partial charge in [0.15, 0.2) is 6.29 Å². The first kappa shape index (κ1) is 35.3. The van der Waals surface area contributed by atoms with Crippen LogP contribution in [0.3, 0.4) is 0 Å². The Morgan fingerprint density at radius 2 is 1.71 bits per heavy atom. The lowest BCUT2D eigenvalue weighted by molar-refractivity contribution is -0.337. The van der Waals surface area contributed by atoms with Crippen LogP contribution >= 0.6 is 0 Å². The van der Waals surface area contributed by atoms with Crippen LogP contribution in [0.1, 0.15) is 93.9 Å². The zero-order valence-corrected chi connectivity index (χ0v) is 30.1. The van der Waals surface area contributed by atoms with E-state index >= 15 is 0 Å². The summed E-state index contributed by atoms with van der Waals surface area (Å²) < 4.78 is 24.9. The molecule has 2 heterocycles. The highest BCUT2D eigenvalue weighted by Crippen LogP contribution is 2.78. The van der Waals surface area contributed by atoms with Crippen molar-refractivity contribution in [1.82, 2.24) is 0 Å². The number of allylic oxidation sites excluding steroid dienone is 1. The number of aliphatic hydroxyl groups excluding tert-OH is 5. The van der Waals surface area contributed by atoms with Gasteiger partial charge in [-0.05, 0) is 83.9 Å². The van der Waals surface area contributed by atoms with E-state index in [4.69, 9.17) is 18.9 Å². The van der Waals surface area contributed by atoms with Gasteiger partial charge in [-0.25, -0.2) is 0 Å². The fraction of sp³-hybridized carbons (Fsp3) is 0.921. The number of hydrogen-bond acceptors (Lipinski definition) is 10. The van der Waals surface area contributed by atoms with Crippen molar-refractivity contribution in [2.45, 2.75) is 149 Å². The van der Waals surface area contributed by atoms with E-state index in [1.165, 1.54) is 12.5 Å². The molecule has 0 radical (unpaired) electrons. The first-order valence-electron chi connectivity index (χ1n) is 18.5. The van der Waals surface area contributed by atoms with E-state index in [2.05, 4.69) is 54.5 Å². The van der Waals surface area contributed by atoms with Gasteiger partial charge in [0.1, 0.15) is 36.6 Å². The largest absolute Gasteiger partial charge is 0.460 e. The Hall–Kier alpha value is -1.11. The molecule has 5 N–H and O–H groups in total. The van der Waals surface area contributed by atoms with Crippen LogP contribution < -0.4 is 0 Å². The predicted molar refractivity (Wildman–Crippen MR) is 175 cm³/mol. The van der Waals surface area contributed by atoms with Gasteiger partial charge in [0, 0.05) is 18.3 Å². The molecule has 17 atom stereocenters. The lowest BCUT2D eigenvalue weighted by Gasteiger charge is -2.70. The average Bonchev–Trinajstić information content (AvgIpc) is 3.56. The molecule has 2 saturated heterocycles. The molecule has 0 aromatic carbocycles. The highest BCUT2D eigenvalue weighted by atomic mass is 16.7. The van der Waals surface area contributed by atoms with Crippen LogP contribution in [0.4, 0.5) is 0 Å². The minimum absolute atomic E-state index is 0.0252. The molecule has 0 amide bonds. The molecule has 0 unspecified atom stereocenters. The Morgan fingerprint density at radius 1 is 1.00 bits per heavy atom. The molecule has 5 aliphatic carbocycles. The summed E-state index contributed by atoms with van der Waals surface area (Å²) in [6.45, 7) is 17.7. The minimum atomic E-state index is -1.59. The molecule has 0 aromatic heterocycles. The minimum Gasteiger partial charge on any atom is -0.460 e. The quantitative estimate of drug-likeness (QED) is 0.166. The maximum Gasteiger partial charge on any atom is 0.302 e. The van der Waals surface area contributed by atoms with Gasteiger partial charge in [0.05, 0.1) is 25.4 Å². The molecule has 7 rings (SSSR count). The van der Waals surface area contributed by atoms with E-state index in [1.807, 2.05) is 0 Å². The van der Waals surface area contributed by atoms with Crippen molar-refractivity contribution in [2.75, 3.05) is 13.2 Å². The summed E-state index contributed by atoms with van der Waals surface area (Å²) in [5, 5.41) is 53.9. The van der Waals surface area contributed by atoms with Crippen molar-refractivity contribution in [1.29, 1.82) is 0 Å². The van der Waals surface area contributed by atoms with Gasteiger partial charge in [0.25, 0.3) is 0 Å². The summed E-state index contributed by atoms with van der Waals surface area (Å²) in [4.78, 5) is 12.6. The van der Waals surface area contributed by atoms with Crippen LogP contribution in [0.15, 0.2) is 11.6 Å². The number of carbonyl (C=O) groups is 1. The van der Waals surface area contributed by atoms with E-state index in [9.17, 15) is 30.3 Å². The third-order valence-electron chi connectivity index (χ3n) is 15.8. The van der Waals surface area contributed by atoms with Crippen LogP contribution in [-0.2, 0) is 23.7 Å². The van der Waals surface area contributed by atoms with Crippen molar-refractivity contribution in [3.63, 3.8) is 0 Å². The van der Waals surface area contributed by atoms with Gasteiger partial charge in [-0.15, -0.1) is 0 Å². The Bertz CT molecular complexity index is 1310. The number of fused-ring (bicyclic) bond motifs is 5. The number of carbonyl (C=O) groups excluding carboxylic acids is 1. The lowest BCUT2D eigenvalue weighted by Crippen LogP contribution is -2.68. The second-order valence-corrected chi connectivity index (χ2v) is 18.5. The third kappa shape index (κ3) is 4.55. The zero-order chi connectivity index (χ0) is 34.9. The second-order valence-electron chi connectivity index (χ2n) is 18.5. The van der Waals surface area contributed by atoms with Gasteiger partial charge in [-0.3, -0.25) is 4.79 Å².